The third kappa shape index (κ3) is 4.07. The van der Waals surface area contributed by atoms with Crippen LogP contribution in [0.25, 0.3) is 0 Å². The number of thioether (sulfide) groups is 1. The predicted molar refractivity (Wildman–Crippen MR) is 112 cm³/mol. The summed E-state index contributed by atoms with van der Waals surface area (Å²) in [5.41, 5.74) is 10.3. The van der Waals surface area contributed by atoms with Crippen molar-refractivity contribution in [3.05, 3.63) is 58.5 Å². The number of rotatable bonds is 6. The third-order valence-electron chi connectivity index (χ3n) is 4.84. The summed E-state index contributed by atoms with van der Waals surface area (Å²) < 4.78 is 13.0. The number of carbonyl (C=O) groups is 1. The van der Waals surface area contributed by atoms with Crippen molar-refractivity contribution in [2.75, 3.05) is 18.3 Å². The average Bonchev–Trinajstić information content (AvgIpc) is 3.25. The molecule has 0 saturated heterocycles. The van der Waals surface area contributed by atoms with Gasteiger partial charge in [0.1, 0.15) is 5.82 Å². The maximum Gasteiger partial charge on any atom is 0.231 e. The fourth-order valence-corrected chi connectivity index (χ4v) is 4.18. The summed E-state index contributed by atoms with van der Waals surface area (Å²) >= 11 is 1.30. The van der Waals surface area contributed by atoms with Crippen LogP contribution in [0, 0.1) is 20.8 Å². The summed E-state index contributed by atoms with van der Waals surface area (Å²) in [6.45, 7) is 6.75. The standard InChI is InChI=1S/C21H22N4O3S/c1-12-6-20(22)24-21(23-12)29-10-17(26)16-7-13(2)25(14(16)3)9-15-4-5-18-19(8-15)28-11-27-18/h4-8H,9-11H2,1-3H3,(H2,22,23,24). The number of nitrogen functional groups attached to an aromatic ring is 1. The topological polar surface area (TPSA) is 92.3 Å². The van der Waals surface area contributed by atoms with Crippen LogP contribution in [0.15, 0.2) is 35.5 Å². The van der Waals surface area contributed by atoms with Gasteiger partial charge in [0.25, 0.3) is 0 Å². The first-order valence-corrected chi connectivity index (χ1v) is 10.2. The van der Waals surface area contributed by atoms with E-state index >= 15 is 0 Å². The zero-order valence-electron chi connectivity index (χ0n) is 16.6. The number of ketones is 1. The second-order valence-electron chi connectivity index (χ2n) is 6.99. The number of nitrogens with zero attached hydrogens (tertiary/aromatic N) is 3. The Morgan fingerprint density at radius 3 is 2.72 bits per heavy atom. The van der Waals surface area contributed by atoms with E-state index in [4.69, 9.17) is 15.2 Å². The van der Waals surface area contributed by atoms with E-state index in [0.29, 0.717) is 17.5 Å². The van der Waals surface area contributed by atoms with Crippen LogP contribution in [0.1, 0.15) is 33.0 Å². The largest absolute Gasteiger partial charge is 0.454 e. The van der Waals surface area contributed by atoms with E-state index in [-0.39, 0.29) is 18.3 Å². The van der Waals surface area contributed by atoms with E-state index in [1.54, 1.807) is 6.07 Å². The highest BCUT2D eigenvalue weighted by molar-refractivity contribution is 7.99. The van der Waals surface area contributed by atoms with Crippen molar-refractivity contribution < 1.29 is 14.3 Å². The van der Waals surface area contributed by atoms with E-state index in [1.807, 2.05) is 45.0 Å². The lowest BCUT2D eigenvalue weighted by Crippen LogP contribution is -2.08. The predicted octanol–water partition coefficient (Wildman–Crippen LogP) is 3.54. The fraction of sp³-hybridized carbons (Fsp3) is 0.286. The minimum Gasteiger partial charge on any atom is -0.454 e. The van der Waals surface area contributed by atoms with Crippen molar-refractivity contribution in [2.45, 2.75) is 32.5 Å². The quantitative estimate of drug-likeness (QED) is 0.377. The second kappa shape index (κ2) is 7.79. The van der Waals surface area contributed by atoms with E-state index in [9.17, 15) is 4.79 Å². The Labute approximate surface area is 173 Å². The number of Topliss-reactive ketones (excluding diaryl/α,β-unsaturated/α-hetero) is 1. The van der Waals surface area contributed by atoms with Crippen molar-refractivity contribution in [2.24, 2.45) is 0 Å². The number of carbonyl (C=O) groups excluding carboxylic acids is 1. The Balaban J connectivity index is 1.49. The van der Waals surface area contributed by atoms with Crippen molar-refractivity contribution >= 4 is 23.4 Å². The normalized spacial score (nSPS) is 12.4. The molecule has 0 aliphatic carbocycles. The number of anilines is 1. The molecule has 0 atom stereocenters. The molecule has 7 nitrogen and oxygen atoms in total. The van der Waals surface area contributed by atoms with Crippen LogP contribution in [0.2, 0.25) is 0 Å². The Hall–Kier alpha value is -3.00. The minimum absolute atomic E-state index is 0.0451. The van der Waals surface area contributed by atoms with E-state index in [2.05, 4.69) is 14.5 Å². The zero-order chi connectivity index (χ0) is 20.5. The van der Waals surface area contributed by atoms with Crippen LogP contribution in [0.5, 0.6) is 11.5 Å². The molecule has 1 aliphatic heterocycles. The molecule has 150 valence electrons. The monoisotopic (exact) mass is 410 g/mol. The third-order valence-corrected chi connectivity index (χ3v) is 5.68. The summed E-state index contributed by atoms with van der Waals surface area (Å²) in [6, 6.07) is 9.57. The number of benzene rings is 1. The number of nitrogens with two attached hydrogens (primary N) is 1. The van der Waals surface area contributed by atoms with Gasteiger partial charge in [-0.15, -0.1) is 0 Å². The lowest BCUT2D eigenvalue weighted by atomic mass is 10.1. The molecule has 0 spiro atoms. The smallest absolute Gasteiger partial charge is 0.231 e. The molecule has 8 heteroatoms. The number of aryl methyl sites for hydroxylation is 2. The van der Waals surface area contributed by atoms with Crippen LogP contribution in [0.3, 0.4) is 0 Å². The van der Waals surface area contributed by atoms with E-state index in [1.165, 1.54) is 11.8 Å². The molecule has 3 aromatic rings. The fourth-order valence-electron chi connectivity index (χ4n) is 3.39. The first-order valence-electron chi connectivity index (χ1n) is 9.23. The summed E-state index contributed by atoms with van der Waals surface area (Å²) in [5.74, 6) is 2.24. The molecule has 0 amide bonds. The lowest BCUT2D eigenvalue weighted by Gasteiger charge is -2.10. The summed E-state index contributed by atoms with van der Waals surface area (Å²) in [6.07, 6.45) is 0. The molecular weight excluding hydrogens is 388 g/mol. The molecule has 3 heterocycles. The van der Waals surface area contributed by atoms with Gasteiger partial charge in [-0.05, 0) is 44.5 Å². The number of fused-ring (bicyclic) bond motifs is 1. The number of aromatic nitrogens is 3. The Bertz CT molecular complexity index is 1070. The van der Waals surface area contributed by atoms with Gasteiger partial charge in [-0.3, -0.25) is 4.79 Å². The van der Waals surface area contributed by atoms with Gasteiger partial charge in [0.15, 0.2) is 22.4 Å². The molecule has 0 bridgehead atoms. The van der Waals surface area contributed by atoms with Crippen LogP contribution in [-0.2, 0) is 6.54 Å². The maximum atomic E-state index is 12.8. The molecule has 0 radical (unpaired) electrons. The minimum atomic E-state index is 0.0451. The van der Waals surface area contributed by atoms with Crippen molar-refractivity contribution in [1.29, 1.82) is 0 Å². The average molecular weight is 410 g/mol. The van der Waals surface area contributed by atoms with Crippen LogP contribution < -0.4 is 15.2 Å². The molecule has 0 fully saturated rings. The van der Waals surface area contributed by atoms with Gasteiger partial charge < -0.3 is 19.8 Å². The zero-order valence-corrected chi connectivity index (χ0v) is 17.4. The van der Waals surface area contributed by atoms with Crippen LogP contribution >= 0.6 is 11.8 Å². The van der Waals surface area contributed by atoms with Gasteiger partial charge in [0, 0.05) is 35.3 Å². The highest BCUT2D eigenvalue weighted by Crippen LogP contribution is 2.33. The first kappa shape index (κ1) is 19.3. The Morgan fingerprint density at radius 2 is 1.93 bits per heavy atom. The van der Waals surface area contributed by atoms with Crippen molar-refractivity contribution in [1.82, 2.24) is 14.5 Å². The van der Waals surface area contributed by atoms with Crippen LogP contribution in [-0.4, -0.2) is 32.9 Å². The van der Waals surface area contributed by atoms with Gasteiger partial charge in [-0.2, -0.15) is 0 Å². The molecule has 0 unspecified atom stereocenters. The van der Waals surface area contributed by atoms with Gasteiger partial charge in [0.2, 0.25) is 6.79 Å². The molecule has 4 rings (SSSR count). The van der Waals surface area contributed by atoms with Crippen molar-refractivity contribution in [3.8, 4) is 11.5 Å². The molecule has 2 N–H and O–H groups in total. The molecule has 1 aromatic carbocycles. The maximum absolute atomic E-state index is 12.8. The van der Waals surface area contributed by atoms with Gasteiger partial charge in [0.05, 0.1) is 5.75 Å². The lowest BCUT2D eigenvalue weighted by molar-refractivity contribution is 0.102. The molecule has 2 aromatic heterocycles. The number of hydrogen-bond acceptors (Lipinski definition) is 7. The Morgan fingerprint density at radius 1 is 1.14 bits per heavy atom. The first-order chi connectivity index (χ1) is 13.9. The second-order valence-corrected chi connectivity index (χ2v) is 7.93. The molecule has 0 saturated carbocycles. The SMILES string of the molecule is Cc1cc(N)nc(SCC(=O)c2cc(C)n(Cc3ccc4c(c3)OCO4)c2C)n1. The van der Waals surface area contributed by atoms with Crippen LogP contribution in [0.4, 0.5) is 5.82 Å². The molecule has 29 heavy (non-hydrogen) atoms. The van der Waals surface area contributed by atoms with E-state index < -0.39 is 0 Å². The molecular formula is C21H22N4O3S. The number of ether oxygens (including phenoxy) is 2. The van der Waals surface area contributed by atoms with Gasteiger partial charge >= 0.3 is 0 Å². The summed E-state index contributed by atoms with van der Waals surface area (Å²) in [7, 11) is 0. The van der Waals surface area contributed by atoms with Crippen molar-refractivity contribution in [3.63, 3.8) is 0 Å². The summed E-state index contributed by atoms with van der Waals surface area (Å²) in [5, 5.41) is 0.519. The number of hydrogen-bond donors (Lipinski definition) is 1. The Kier molecular flexibility index (Phi) is 5.19. The van der Waals surface area contributed by atoms with Gasteiger partial charge in [-0.1, -0.05) is 17.8 Å². The highest BCUT2D eigenvalue weighted by Gasteiger charge is 2.18. The highest BCUT2D eigenvalue weighted by atomic mass is 32.2. The van der Waals surface area contributed by atoms with Gasteiger partial charge in [-0.25, -0.2) is 9.97 Å². The molecule has 1 aliphatic rings. The van der Waals surface area contributed by atoms with E-state index in [0.717, 1.165) is 39.7 Å². The summed E-state index contributed by atoms with van der Waals surface area (Å²) in [4.78, 5) is 21.3.